The van der Waals surface area contributed by atoms with Crippen molar-refractivity contribution < 1.29 is 9.59 Å². The number of hydrogen-bond donors (Lipinski definition) is 1. The monoisotopic (exact) mass is 500 g/mol. The average molecular weight is 502 g/mol. The van der Waals surface area contributed by atoms with Crippen LogP contribution in [0.3, 0.4) is 0 Å². The predicted octanol–water partition coefficient (Wildman–Crippen LogP) is 6.07. The highest BCUT2D eigenvalue weighted by Crippen LogP contribution is 2.28. The van der Waals surface area contributed by atoms with Crippen LogP contribution in [0, 0.1) is 5.92 Å². The predicted molar refractivity (Wildman–Crippen MR) is 132 cm³/mol. The molecule has 0 bridgehead atoms. The molecule has 0 aliphatic heterocycles. The molecule has 0 fully saturated rings. The van der Waals surface area contributed by atoms with E-state index in [0.29, 0.717) is 33.3 Å². The fourth-order valence-electron chi connectivity index (χ4n) is 2.84. The Hall–Kier alpha value is -1.40. The van der Waals surface area contributed by atoms with Gasteiger partial charge in [-0.2, -0.15) is 0 Å². The van der Waals surface area contributed by atoms with Crippen LogP contribution in [0.5, 0.6) is 0 Å². The fraction of sp³-hybridized carbons (Fsp3) is 0.391. The van der Waals surface area contributed by atoms with Gasteiger partial charge in [0, 0.05) is 33.9 Å². The second-order valence-corrected chi connectivity index (χ2v) is 9.83. The van der Waals surface area contributed by atoms with Gasteiger partial charge in [-0.05, 0) is 42.2 Å². The molecule has 0 aromatic heterocycles. The van der Waals surface area contributed by atoms with Gasteiger partial charge in [-0.15, -0.1) is 11.8 Å². The van der Waals surface area contributed by atoms with Crippen LogP contribution in [-0.2, 0) is 21.9 Å². The van der Waals surface area contributed by atoms with Crippen molar-refractivity contribution in [3.05, 3.63) is 68.7 Å². The summed E-state index contributed by atoms with van der Waals surface area (Å²) in [6, 6.07) is 12.0. The first-order chi connectivity index (χ1) is 14.7. The SMILES string of the molecule is CC(C)CNC(=O)[C@H](C)N(Cc1ccccc1Cl)C(=O)CSCc1c(Cl)cccc1Cl. The molecule has 2 amide bonds. The third-order valence-corrected chi connectivity index (χ3v) is 6.70. The minimum atomic E-state index is -0.632. The van der Waals surface area contributed by atoms with E-state index in [1.807, 2.05) is 32.0 Å². The van der Waals surface area contributed by atoms with Crippen LogP contribution in [0.25, 0.3) is 0 Å². The summed E-state index contributed by atoms with van der Waals surface area (Å²) in [5, 5.41) is 4.61. The Labute approximate surface area is 203 Å². The molecule has 0 saturated heterocycles. The van der Waals surface area contributed by atoms with Crippen LogP contribution in [0.1, 0.15) is 31.9 Å². The molecule has 8 heteroatoms. The quantitative estimate of drug-likeness (QED) is 0.430. The molecular weight excluding hydrogens is 475 g/mol. The van der Waals surface area contributed by atoms with Crippen LogP contribution in [0.15, 0.2) is 42.5 Å². The molecule has 1 N–H and O–H groups in total. The maximum absolute atomic E-state index is 13.1. The Morgan fingerprint density at radius 1 is 0.968 bits per heavy atom. The molecule has 0 aliphatic carbocycles. The molecular formula is C23H27Cl3N2O2S. The van der Waals surface area contributed by atoms with Gasteiger partial charge >= 0.3 is 0 Å². The Balaban J connectivity index is 2.11. The van der Waals surface area contributed by atoms with Gasteiger partial charge in [0.25, 0.3) is 0 Å². The topological polar surface area (TPSA) is 49.4 Å². The maximum atomic E-state index is 13.1. The molecule has 31 heavy (non-hydrogen) atoms. The molecule has 0 aliphatic rings. The lowest BCUT2D eigenvalue weighted by atomic mass is 10.1. The number of rotatable bonds is 10. The molecule has 2 aromatic rings. The third-order valence-electron chi connectivity index (χ3n) is 4.68. The summed E-state index contributed by atoms with van der Waals surface area (Å²) in [5.41, 5.74) is 1.59. The number of nitrogens with zero attached hydrogens (tertiary/aromatic N) is 1. The van der Waals surface area contributed by atoms with Crippen molar-refractivity contribution in [1.82, 2.24) is 10.2 Å². The molecule has 2 aromatic carbocycles. The van der Waals surface area contributed by atoms with Crippen LogP contribution in [-0.4, -0.2) is 35.1 Å². The lowest BCUT2D eigenvalue weighted by molar-refractivity contribution is -0.138. The smallest absolute Gasteiger partial charge is 0.242 e. The summed E-state index contributed by atoms with van der Waals surface area (Å²) in [4.78, 5) is 27.4. The largest absolute Gasteiger partial charge is 0.354 e. The number of halogens is 3. The lowest BCUT2D eigenvalue weighted by Crippen LogP contribution is -2.48. The normalized spacial score (nSPS) is 12.0. The van der Waals surface area contributed by atoms with E-state index in [1.165, 1.54) is 11.8 Å². The van der Waals surface area contributed by atoms with Crippen molar-refractivity contribution in [3.63, 3.8) is 0 Å². The van der Waals surface area contributed by atoms with Gasteiger partial charge in [-0.25, -0.2) is 0 Å². The number of nitrogens with one attached hydrogen (secondary N) is 1. The average Bonchev–Trinajstić information content (AvgIpc) is 2.72. The minimum absolute atomic E-state index is 0.153. The zero-order valence-corrected chi connectivity index (χ0v) is 20.9. The summed E-state index contributed by atoms with van der Waals surface area (Å²) in [6.45, 7) is 6.58. The molecule has 1 atom stereocenters. The summed E-state index contributed by atoms with van der Waals surface area (Å²) in [5.74, 6) is 0.666. The summed E-state index contributed by atoms with van der Waals surface area (Å²) in [6.07, 6.45) is 0. The van der Waals surface area contributed by atoms with E-state index in [-0.39, 0.29) is 24.1 Å². The van der Waals surface area contributed by atoms with E-state index >= 15 is 0 Å². The standard InChI is InChI=1S/C23H27Cl3N2O2S/c1-15(2)11-27-23(30)16(3)28(12-17-7-4-5-8-19(17)24)22(29)14-31-13-18-20(25)9-6-10-21(18)26/h4-10,15-16H,11-14H2,1-3H3,(H,27,30)/t16-/m0/s1. The zero-order chi connectivity index (χ0) is 23.0. The van der Waals surface area contributed by atoms with Gasteiger partial charge in [-0.3, -0.25) is 9.59 Å². The van der Waals surface area contributed by atoms with Gasteiger partial charge in [0.2, 0.25) is 11.8 Å². The zero-order valence-electron chi connectivity index (χ0n) is 17.8. The Morgan fingerprint density at radius 3 is 2.19 bits per heavy atom. The third kappa shape index (κ3) is 7.90. The van der Waals surface area contributed by atoms with Crippen molar-refractivity contribution in [1.29, 1.82) is 0 Å². The summed E-state index contributed by atoms with van der Waals surface area (Å²) < 4.78 is 0. The lowest BCUT2D eigenvalue weighted by Gasteiger charge is -2.29. The van der Waals surface area contributed by atoms with Crippen LogP contribution < -0.4 is 5.32 Å². The number of amides is 2. The maximum Gasteiger partial charge on any atom is 0.242 e. The number of carbonyl (C=O) groups is 2. The van der Waals surface area contributed by atoms with E-state index in [9.17, 15) is 9.59 Å². The first kappa shape index (κ1) is 25.9. The molecule has 4 nitrogen and oxygen atoms in total. The van der Waals surface area contributed by atoms with Gasteiger partial charge < -0.3 is 10.2 Å². The highest BCUT2D eigenvalue weighted by atomic mass is 35.5. The van der Waals surface area contributed by atoms with E-state index in [2.05, 4.69) is 5.32 Å². The van der Waals surface area contributed by atoms with Crippen LogP contribution in [0.2, 0.25) is 15.1 Å². The summed E-state index contributed by atoms with van der Waals surface area (Å²) >= 11 is 20.2. The van der Waals surface area contributed by atoms with Gasteiger partial charge in [0.05, 0.1) is 5.75 Å². The molecule has 0 saturated carbocycles. The van der Waals surface area contributed by atoms with Crippen molar-refractivity contribution in [3.8, 4) is 0 Å². The second kappa shape index (κ2) is 12.6. The van der Waals surface area contributed by atoms with Crippen molar-refractivity contribution in [2.75, 3.05) is 12.3 Å². The molecule has 0 radical (unpaired) electrons. The summed E-state index contributed by atoms with van der Waals surface area (Å²) in [7, 11) is 0. The van der Waals surface area contributed by atoms with Crippen LogP contribution >= 0.6 is 46.6 Å². The Morgan fingerprint density at radius 2 is 1.58 bits per heavy atom. The van der Waals surface area contributed by atoms with Crippen LogP contribution in [0.4, 0.5) is 0 Å². The molecule has 2 rings (SSSR count). The number of hydrogen-bond acceptors (Lipinski definition) is 3. The minimum Gasteiger partial charge on any atom is -0.354 e. The van der Waals surface area contributed by atoms with Gasteiger partial charge in [-0.1, -0.05) is 72.9 Å². The Bertz CT molecular complexity index is 888. The first-order valence-corrected chi connectivity index (χ1v) is 12.3. The van der Waals surface area contributed by atoms with E-state index < -0.39 is 6.04 Å². The van der Waals surface area contributed by atoms with Crippen molar-refractivity contribution in [2.24, 2.45) is 5.92 Å². The second-order valence-electron chi connectivity index (χ2n) is 7.62. The van der Waals surface area contributed by atoms with Gasteiger partial charge in [0.1, 0.15) is 6.04 Å². The molecule has 0 spiro atoms. The van der Waals surface area contributed by atoms with E-state index in [0.717, 1.165) is 11.1 Å². The number of carbonyl (C=O) groups excluding carboxylic acids is 2. The highest BCUT2D eigenvalue weighted by molar-refractivity contribution is 7.99. The van der Waals surface area contributed by atoms with E-state index in [1.54, 1.807) is 36.1 Å². The molecule has 168 valence electrons. The number of benzene rings is 2. The number of thioether (sulfide) groups is 1. The highest BCUT2D eigenvalue weighted by Gasteiger charge is 2.26. The van der Waals surface area contributed by atoms with Gasteiger partial charge in [0.15, 0.2) is 0 Å². The molecule has 0 heterocycles. The fourth-order valence-corrected chi connectivity index (χ4v) is 4.68. The Kier molecular flexibility index (Phi) is 10.5. The van der Waals surface area contributed by atoms with Crippen molar-refractivity contribution in [2.45, 2.75) is 39.1 Å². The van der Waals surface area contributed by atoms with Crippen molar-refractivity contribution >= 4 is 58.4 Å². The van der Waals surface area contributed by atoms with E-state index in [4.69, 9.17) is 34.8 Å². The first-order valence-electron chi connectivity index (χ1n) is 10.0. The molecule has 0 unspecified atom stereocenters.